The molecule has 10 heavy (non-hydrogen) atoms. The Bertz CT molecular complexity index is 195. The summed E-state index contributed by atoms with van der Waals surface area (Å²) in [6, 6.07) is 0.626. The maximum absolute atomic E-state index is 4.42. The van der Waals surface area contributed by atoms with Crippen molar-refractivity contribution in [2.75, 3.05) is 0 Å². The highest BCUT2D eigenvalue weighted by Crippen LogP contribution is 2.54. The molecule has 0 N–H and O–H groups in total. The topological polar surface area (TPSA) is 24.7 Å². The van der Waals surface area contributed by atoms with Gasteiger partial charge in [0.15, 0.2) is 0 Å². The quantitative estimate of drug-likeness (QED) is 0.527. The minimum Gasteiger partial charge on any atom is -0.190 e. The molecule has 0 spiro atoms. The van der Waals surface area contributed by atoms with Crippen molar-refractivity contribution in [1.82, 2.24) is 0 Å². The van der Waals surface area contributed by atoms with Crippen LogP contribution in [-0.4, -0.2) is 11.6 Å². The largest absolute Gasteiger partial charge is 0.190 e. The van der Waals surface area contributed by atoms with E-state index in [0.29, 0.717) is 11.6 Å². The van der Waals surface area contributed by atoms with E-state index in [1.54, 1.807) is 0 Å². The van der Waals surface area contributed by atoms with Gasteiger partial charge in [0, 0.05) is 0 Å². The first kappa shape index (κ1) is 5.28. The van der Waals surface area contributed by atoms with Gasteiger partial charge >= 0.3 is 0 Å². The Labute approximate surface area is 60.7 Å². The Hall–Kier alpha value is -0.400. The Balaban J connectivity index is 1.96. The molecule has 0 saturated heterocycles. The van der Waals surface area contributed by atoms with Crippen LogP contribution in [0.25, 0.3) is 0 Å². The summed E-state index contributed by atoms with van der Waals surface area (Å²) in [5.41, 5.74) is 0.380. The Morgan fingerprint density at radius 2 is 2.10 bits per heavy atom. The molecule has 0 aromatic carbocycles. The SMILES string of the molecule is C1CC2(C3CC3)CC1N=N2. The van der Waals surface area contributed by atoms with E-state index in [9.17, 15) is 0 Å². The number of hydrogen-bond donors (Lipinski definition) is 0. The van der Waals surface area contributed by atoms with E-state index in [2.05, 4.69) is 10.2 Å². The van der Waals surface area contributed by atoms with Crippen LogP contribution in [0.3, 0.4) is 0 Å². The normalized spacial score (nSPS) is 50.6. The van der Waals surface area contributed by atoms with Gasteiger partial charge in [0.1, 0.15) is 0 Å². The molecule has 0 amide bonds. The van der Waals surface area contributed by atoms with Crippen molar-refractivity contribution in [1.29, 1.82) is 0 Å². The Morgan fingerprint density at radius 1 is 1.20 bits per heavy atom. The van der Waals surface area contributed by atoms with Crippen molar-refractivity contribution in [2.45, 2.75) is 43.7 Å². The molecular weight excluding hydrogens is 124 g/mol. The molecule has 0 aromatic heterocycles. The molecule has 2 saturated carbocycles. The molecule has 3 aliphatic rings. The number of fused-ring (bicyclic) bond motifs is 2. The first-order chi connectivity index (χ1) is 4.89. The molecule has 2 fully saturated rings. The molecule has 54 valence electrons. The maximum Gasteiger partial charge on any atom is 0.0865 e. The van der Waals surface area contributed by atoms with Crippen LogP contribution in [0.2, 0.25) is 0 Å². The average Bonchev–Trinajstić information content (AvgIpc) is 2.66. The molecule has 2 atom stereocenters. The summed E-state index contributed by atoms with van der Waals surface area (Å²) in [6.45, 7) is 0. The van der Waals surface area contributed by atoms with Crippen LogP contribution in [0, 0.1) is 5.92 Å². The number of rotatable bonds is 1. The van der Waals surface area contributed by atoms with E-state index >= 15 is 0 Å². The first-order valence-corrected chi connectivity index (χ1v) is 4.31. The Kier molecular flexibility index (Phi) is 0.758. The predicted molar refractivity (Wildman–Crippen MR) is 38.0 cm³/mol. The molecule has 2 unspecified atom stereocenters. The van der Waals surface area contributed by atoms with Gasteiger partial charge in [0.05, 0.1) is 11.6 Å². The molecule has 3 rings (SSSR count). The molecule has 0 radical (unpaired) electrons. The lowest BCUT2D eigenvalue weighted by molar-refractivity contribution is 0.386. The van der Waals surface area contributed by atoms with E-state index in [1.165, 1.54) is 32.1 Å². The molecule has 2 nitrogen and oxygen atoms in total. The van der Waals surface area contributed by atoms with Gasteiger partial charge < -0.3 is 0 Å². The van der Waals surface area contributed by atoms with E-state index in [4.69, 9.17) is 0 Å². The third-order valence-corrected chi connectivity index (χ3v) is 3.26. The maximum atomic E-state index is 4.42. The second kappa shape index (κ2) is 1.44. The van der Waals surface area contributed by atoms with Crippen LogP contribution in [0.1, 0.15) is 32.1 Å². The highest BCUT2D eigenvalue weighted by molar-refractivity contribution is 5.10. The van der Waals surface area contributed by atoms with Crippen molar-refractivity contribution in [3.63, 3.8) is 0 Å². The summed E-state index contributed by atoms with van der Waals surface area (Å²) < 4.78 is 0. The standard InChI is InChI=1S/C8H12N2/c1-2-6(1)8-4-3-7(5-8)9-10-8/h6-7H,1-5H2. The third-order valence-electron chi connectivity index (χ3n) is 3.26. The molecular formula is C8H12N2. The number of hydrogen-bond acceptors (Lipinski definition) is 2. The lowest BCUT2D eigenvalue weighted by atomic mass is 9.93. The molecule has 1 heterocycles. The van der Waals surface area contributed by atoms with Crippen LogP contribution in [0.15, 0.2) is 10.2 Å². The molecule has 2 aliphatic carbocycles. The van der Waals surface area contributed by atoms with E-state index in [0.717, 1.165) is 5.92 Å². The third kappa shape index (κ3) is 0.505. The minimum absolute atomic E-state index is 0.380. The van der Waals surface area contributed by atoms with Gasteiger partial charge in [-0.25, -0.2) is 0 Å². The molecule has 1 aliphatic heterocycles. The van der Waals surface area contributed by atoms with Crippen LogP contribution in [-0.2, 0) is 0 Å². The lowest BCUT2D eigenvalue weighted by Crippen LogP contribution is -2.22. The summed E-state index contributed by atoms with van der Waals surface area (Å²) in [5, 5.41) is 8.68. The van der Waals surface area contributed by atoms with Gasteiger partial charge in [-0.3, -0.25) is 0 Å². The zero-order valence-corrected chi connectivity index (χ0v) is 6.08. The zero-order chi connectivity index (χ0) is 6.60. The fourth-order valence-corrected chi connectivity index (χ4v) is 2.49. The fraction of sp³-hybridized carbons (Fsp3) is 1.00. The first-order valence-electron chi connectivity index (χ1n) is 4.31. The van der Waals surface area contributed by atoms with Gasteiger partial charge in [-0.05, 0) is 38.0 Å². The van der Waals surface area contributed by atoms with Crippen molar-refractivity contribution in [3.8, 4) is 0 Å². The number of azo groups is 1. The van der Waals surface area contributed by atoms with E-state index < -0.39 is 0 Å². The van der Waals surface area contributed by atoms with Crippen molar-refractivity contribution in [2.24, 2.45) is 16.1 Å². The van der Waals surface area contributed by atoms with E-state index in [1.807, 2.05) is 0 Å². The molecule has 2 bridgehead atoms. The monoisotopic (exact) mass is 136 g/mol. The Morgan fingerprint density at radius 3 is 2.50 bits per heavy atom. The van der Waals surface area contributed by atoms with Crippen LogP contribution < -0.4 is 0 Å². The second-order valence-corrected chi connectivity index (χ2v) is 3.99. The summed E-state index contributed by atoms with van der Waals surface area (Å²) in [6.07, 6.45) is 6.79. The van der Waals surface area contributed by atoms with Gasteiger partial charge in [-0.15, -0.1) is 0 Å². The van der Waals surface area contributed by atoms with Crippen LogP contribution >= 0.6 is 0 Å². The summed E-state index contributed by atoms with van der Waals surface area (Å²) in [7, 11) is 0. The van der Waals surface area contributed by atoms with Crippen molar-refractivity contribution < 1.29 is 0 Å². The highest BCUT2D eigenvalue weighted by Gasteiger charge is 2.53. The second-order valence-electron chi connectivity index (χ2n) is 3.99. The summed E-state index contributed by atoms with van der Waals surface area (Å²) in [5.74, 6) is 0.934. The van der Waals surface area contributed by atoms with Gasteiger partial charge in [0.25, 0.3) is 0 Å². The van der Waals surface area contributed by atoms with Crippen LogP contribution in [0.4, 0.5) is 0 Å². The minimum atomic E-state index is 0.380. The highest BCUT2D eigenvalue weighted by atomic mass is 15.2. The van der Waals surface area contributed by atoms with Gasteiger partial charge in [0.2, 0.25) is 0 Å². The van der Waals surface area contributed by atoms with Gasteiger partial charge in [-0.2, -0.15) is 10.2 Å². The summed E-state index contributed by atoms with van der Waals surface area (Å²) in [4.78, 5) is 0. The van der Waals surface area contributed by atoms with Crippen LogP contribution in [0.5, 0.6) is 0 Å². The number of nitrogens with zero attached hydrogens (tertiary/aromatic N) is 2. The summed E-state index contributed by atoms with van der Waals surface area (Å²) >= 11 is 0. The van der Waals surface area contributed by atoms with E-state index in [-0.39, 0.29) is 0 Å². The lowest BCUT2D eigenvalue weighted by Gasteiger charge is -2.18. The van der Waals surface area contributed by atoms with Crippen molar-refractivity contribution >= 4 is 0 Å². The predicted octanol–water partition coefficient (Wildman–Crippen LogP) is 2.15. The molecule has 2 heteroatoms. The smallest absolute Gasteiger partial charge is 0.0865 e. The van der Waals surface area contributed by atoms with Crippen molar-refractivity contribution in [3.05, 3.63) is 0 Å². The molecule has 0 aromatic rings. The zero-order valence-electron chi connectivity index (χ0n) is 6.08. The fourth-order valence-electron chi connectivity index (χ4n) is 2.49. The van der Waals surface area contributed by atoms with Gasteiger partial charge in [-0.1, -0.05) is 0 Å². The average molecular weight is 136 g/mol.